The third-order valence-electron chi connectivity index (χ3n) is 3.43. The maximum absolute atomic E-state index is 12.1. The molecule has 26 heavy (non-hydrogen) atoms. The lowest BCUT2D eigenvalue weighted by Crippen LogP contribution is -2.24. The van der Waals surface area contributed by atoms with Crippen LogP contribution in [0.25, 0.3) is 5.69 Å². The topological polar surface area (TPSA) is 81.9 Å². The van der Waals surface area contributed by atoms with Gasteiger partial charge in [0.05, 0.1) is 18.6 Å². The number of pyridine rings is 1. The van der Waals surface area contributed by atoms with E-state index in [2.05, 4.69) is 20.5 Å². The number of halogens is 1. The third-order valence-corrected chi connectivity index (χ3v) is 4.61. The fraction of sp³-hybridized carbons (Fsp3) is 0.176. The van der Waals surface area contributed by atoms with Crippen LogP contribution in [0.3, 0.4) is 0 Å². The molecule has 3 aromatic rings. The molecule has 0 aliphatic heterocycles. The van der Waals surface area contributed by atoms with E-state index in [-0.39, 0.29) is 11.7 Å². The van der Waals surface area contributed by atoms with Crippen molar-refractivity contribution < 1.29 is 9.53 Å². The molecule has 0 unspecified atom stereocenters. The van der Waals surface area contributed by atoms with Gasteiger partial charge in [0, 0.05) is 23.8 Å². The van der Waals surface area contributed by atoms with Gasteiger partial charge in [-0.2, -0.15) is 0 Å². The van der Waals surface area contributed by atoms with Crippen molar-refractivity contribution in [2.75, 3.05) is 12.9 Å². The molecule has 1 aromatic carbocycles. The second-order valence-corrected chi connectivity index (χ2v) is 6.62. The summed E-state index contributed by atoms with van der Waals surface area (Å²) in [6.45, 7) is 0.400. The Labute approximate surface area is 159 Å². The monoisotopic (exact) mass is 389 g/mol. The molecule has 0 atom stereocenters. The number of nitrogens with one attached hydrogen (secondary N) is 1. The Kier molecular flexibility index (Phi) is 6.08. The molecule has 2 aromatic heterocycles. The maximum atomic E-state index is 12.1. The number of thioether (sulfide) groups is 1. The summed E-state index contributed by atoms with van der Waals surface area (Å²) in [6.07, 6.45) is 3.26. The molecule has 9 heteroatoms. The van der Waals surface area contributed by atoms with Gasteiger partial charge in [0.1, 0.15) is 6.33 Å². The molecular weight excluding hydrogens is 374 g/mol. The summed E-state index contributed by atoms with van der Waals surface area (Å²) in [6, 6.07) is 11.0. The molecule has 3 rings (SSSR count). The van der Waals surface area contributed by atoms with Gasteiger partial charge in [-0.15, -0.1) is 10.2 Å². The number of ether oxygens (including phenoxy) is 1. The summed E-state index contributed by atoms with van der Waals surface area (Å²) >= 11 is 7.32. The molecule has 1 amide bonds. The van der Waals surface area contributed by atoms with Crippen LogP contribution in [0.1, 0.15) is 5.56 Å². The van der Waals surface area contributed by atoms with Gasteiger partial charge in [-0.1, -0.05) is 35.5 Å². The molecule has 7 nitrogen and oxygen atoms in total. The van der Waals surface area contributed by atoms with Gasteiger partial charge in [-0.05, 0) is 23.8 Å². The smallest absolute Gasteiger partial charge is 0.230 e. The first kappa shape index (κ1) is 18.2. The lowest BCUT2D eigenvalue weighted by atomic mass is 10.3. The van der Waals surface area contributed by atoms with Crippen LogP contribution >= 0.6 is 23.4 Å². The molecule has 0 fully saturated rings. The molecule has 0 bridgehead atoms. The van der Waals surface area contributed by atoms with Crippen LogP contribution in [0.2, 0.25) is 5.02 Å². The third kappa shape index (κ3) is 4.74. The van der Waals surface area contributed by atoms with E-state index in [1.807, 2.05) is 24.3 Å². The summed E-state index contributed by atoms with van der Waals surface area (Å²) < 4.78 is 6.79. The Morgan fingerprint density at radius 3 is 2.96 bits per heavy atom. The first-order valence-corrected chi connectivity index (χ1v) is 9.06. The van der Waals surface area contributed by atoms with Crippen molar-refractivity contribution in [3.8, 4) is 11.6 Å². The van der Waals surface area contributed by atoms with Crippen molar-refractivity contribution in [2.24, 2.45) is 0 Å². The van der Waals surface area contributed by atoms with Crippen LogP contribution in [0.4, 0.5) is 0 Å². The van der Waals surface area contributed by atoms with Crippen LogP contribution < -0.4 is 10.1 Å². The zero-order valence-corrected chi connectivity index (χ0v) is 15.5. The van der Waals surface area contributed by atoms with Gasteiger partial charge < -0.3 is 10.1 Å². The second-order valence-electron chi connectivity index (χ2n) is 5.24. The SMILES string of the molecule is COc1ccc(CNC(=O)CSc2nncn2-c2cccc(Cl)c2)cn1. The minimum Gasteiger partial charge on any atom is -0.481 e. The Bertz CT molecular complexity index is 885. The fourth-order valence-corrected chi connectivity index (χ4v) is 3.09. The standard InChI is InChI=1S/C17H16ClN5O2S/c1-25-16-6-5-12(9-20-16)8-19-15(24)10-26-17-22-21-11-23(17)14-4-2-3-13(18)7-14/h2-7,9,11H,8,10H2,1H3,(H,19,24). The van der Waals surface area contributed by atoms with E-state index in [9.17, 15) is 4.79 Å². The van der Waals surface area contributed by atoms with Crippen molar-refractivity contribution in [1.29, 1.82) is 0 Å². The molecular formula is C17H16ClN5O2S. The van der Waals surface area contributed by atoms with Crippen LogP contribution in [0.5, 0.6) is 5.88 Å². The summed E-state index contributed by atoms with van der Waals surface area (Å²) in [7, 11) is 1.56. The van der Waals surface area contributed by atoms with Crippen LogP contribution in [0, 0.1) is 0 Å². The number of nitrogens with zero attached hydrogens (tertiary/aromatic N) is 4. The number of methoxy groups -OCH3 is 1. The van der Waals surface area contributed by atoms with E-state index < -0.39 is 0 Å². The molecule has 0 spiro atoms. The quantitative estimate of drug-likeness (QED) is 0.626. The molecule has 1 N–H and O–H groups in total. The zero-order chi connectivity index (χ0) is 18.4. The van der Waals surface area contributed by atoms with E-state index in [0.717, 1.165) is 11.3 Å². The lowest BCUT2D eigenvalue weighted by Gasteiger charge is -2.07. The van der Waals surface area contributed by atoms with Crippen LogP contribution in [-0.4, -0.2) is 38.5 Å². The van der Waals surface area contributed by atoms with E-state index in [1.165, 1.54) is 11.8 Å². The zero-order valence-electron chi connectivity index (χ0n) is 13.9. The van der Waals surface area contributed by atoms with Crippen molar-refractivity contribution >= 4 is 29.3 Å². The second kappa shape index (κ2) is 8.68. The number of amides is 1. The Balaban J connectivity index is 1.54. The molecule has 0 radical (unpaired) electrons. The molecule has 134 valence electrons. The number of carbonyl (C=O) groups excluding carboxylic acids is 1. The van der Waals surface area contributed by atoms with E-state index in [4.69, 9.17) is 16.3 Å². The number of aromatic nitrogens is 4. The number of carbonyl (C=O) groups is 1. The van der Waals surface area contributed by atoms with Crippen LogP contribution in [-0.2, 0) is 11.3 Å². The lowest BCUT2D eigenvalue weighted by molar-refractivity contribution is -0.118. The first-order valence-electron chi connectivity index (χ1n) is 7.70. The highest BCUT2D eigenvalue weighted by Gasteiger charge is 2.10. The largest absolute Gasteiger partial charge is 0.481 e. The molecule has 0 aliphatic carbocycles. The highest BCUT2D eigenvalue weighted by molar-refractivity contribution is 7.99. The molecule has 0 aliphatic rings. The average Bonchev–Trinajstić information content (AvgIpc) is 3.14. The summed E-state index contributed by atoms with van der Waals surface area (Å²) in [5.41, 5.74) is 1.74. The predicted molar refractivity (Wildman–Crippen MR) is 99.7 cm³/mol. The average molecular weight is 390 g/mol. The van der Waals surface area contributed by atoms with Gasteiger partial charge in [-0.25, -0.2) is 4.98 Å². The first-order chi connectivity index (χ1) is 12.7. The summed E-state index contributed by atoms with van der Waals surface area (Å²) in [4.78, 5) is 16.2. The number of benzene rings is 1. The number of hydrogen-bond donors (Lipinski definition) is 1. The maximum Gasteiger partial charge on any atom is 0.230 e. The van der Waals surface area contributed by atoms with Crippen molar-refractivity contribution in [2.45, 2.75) is 11.7 Å². The Hall–Kier alpha value is -2.58. The van der Waals surface area contributed by atoms with Crippen molar-refractivity contribution in [3.63, 3.8) is 0 Å². The van der Waals surface area contributed by atoms with Crippen LogP contribution in [0.15, 0.2) is 54.1 Å². The highest BCUT2D eigenvalue weighted by atomic mass is 35.5. The van der Waals surface area contributed by atoms with Gasteiger partial charge in [0.25, 0.3) is 0 Å². The minimum absolute atomic E-state index is 0.105. The molecule has 2 heterocycles. The number of rotatable bonds is 7. The van der Waals surface area contributed by atoms with Gasteiger partial charge in [0.15, 0.2) is 5.16 Å². The molecule has 0 saturated heterocycles. The van der Waals surface area contributed by atoms with Crippen molar-refractivity contribution in [1.82, 2.24) is 25.1 Å². The molecule has 0 saturated carbocycles. The fourth-order valence-electron chi connectivity index (χ4n) is 2.14. The normalized spacial score (nSPS) is 10.5. The van der Waals surface area contributed by atoms with E-state index >= 15 is 0 Å². The van der Waals surface area contributed by atoms with Gasteiger partial charge in [0.2, 0.25) is 11.8 Å². The Morgan fingerprint density at radius 2 is 2.23 bits per heavy atom. The van der Waals surface area contributed by atoms with Crippen molar-refractivity contribution in [3.05, 3.63) is 59.5 Å². The summed E-state index contributed by atoms with van der Waals surface area (Å²) in [5, 5.41) is 12.1. The Morgan fingerprint density at radius 1 is 1.35 bits per heavy atom. The van der Waals surface area contributed by atoms with Gasteiger partial charge in [-0.3, -0.25) is 9.36 Å². The van der Waals surface area contributed by atoms with E-state index in [1.54, 1.807) is 36.3 Å². The number of hydrogen-bond acceptors (Lipinski definition) is 6. The summed E-state index contributed by atoms with van der Waals surface area (Å²) in [5.74, 6) is 0.658. The van der Waals surface area contributed by atoms with Gasteiger partial charge >= 0.3 is 0 Å². The highest BCUT2D eigenvalue weighted by Crippen LogP contribution is 2.21. The minimum atomic E-state index is -0.105. The predicted octanol–water partition coefficient (Wildman–Crippen LogP) is 2.73. The van der Waals surface area contributed by atoms with E-state index in [0.29, 0.717) is 22.6 Å².